The largest absolute Gasteiger partial charge is 0.481 e. The molecule has 0 radical (unpaired) electrons. The van der Waals surface area contributed by atoms with Crippen LogP contribution in [0.2, 0.25) is 0 Å². The number of hydrogen-bond acceptors (Lipinski definition) is 5. The minimum Gasteiger partial charge on any atom is -0.481 e. The smallest absolute Gasteiger partial charge is 0.412 e. The Labute approximate surface area is 177 Å². The van der Waals surface area contributed by atoms with Gasteiger partial charge in [0.1, 0.15) is 11.6 Å². The molecule has 0 saturated heterocycles. The number of carbonyl (C=O) groups is 1. The van der Waals surface area contributed by atoms with Crippen LogP contribution >= 0.6 is 0 Å². The first-order valence-corrected chi connectivity index (χ1v) is 9.85. The number of rotatable bonds is 7. The molecule has 3 rings (SSSR count). The van der Waals surface area contributed by atoms with Gasteiger partial charge in [0.05, 0.1) is 24.1 Å². The molecule has 0 aliphatic rings. The van der Waals surface area contributed by atoms with Crippen LogP contribution in [-0.4, -0.2) is 22.8 Å². The molecule has 0 aliphatic heterocycles. The van der Waals surface area contributed by atoms with E-state index in [1.807, 2.05) is 13.8 Å². The van der Waals surface area contributed by atoms with Gasteiger partial charge in [-0.15, -0.1) is 0 Å². The number of aromatic nitrogens is 2. The van der Waals surface area contributed by atoms with Crippen molar-refractivity contribution in [2.75, 3.05) is 7.11 Å². The number of methoxy groups -OCH3 is 1. The van der Waals surface area contributed by atoms with Gasteiger partial charge in [-0.2, -0.15) is 0 Å². The SMILES string of the molecule is CCC(CC)n1cc(OC(=O)NCc2cc(F)cc(F)c2)c2cnc(OC)cc2c1=O. The Kier molecular flexibility index (Phi) is 6.84. The molecule has 164 valence electrons. The van der Waals surface area contributed by atoms with Gasteiger partial charge in [-0.3, -0.25) is 4.79 Å². The zero-order valence-electron chi connectivity index (χ0n) is 17.4. The summed E-state index contributed by atoms with van der Waals surface area (Å²) >= 11 is 0. The Morgan fingerprint density at radius 1 is 1.13 bits per heavy atom. The first-order valence-electron chi connectivity index (χ1n) is 9.85. The Morgan fingerprint density at radius 2 is 1.81 bits per heavy atom. The maximum Gasteiger partial charge on any atom is 0.412 e. The van der Waals surface area contributed by atoms with Crippen LogP contribution in [0.4, 0.5) is 13.6 Å². The van der Waals surface area contributed by atoms with Gasteiger partial charge in [0.15, 0.2) is 5.75 Å². The summed E-state index contributed by atoms with van der Waals surface area (Å²) in [5.74, 6) is -1.09. The minimum absolute atomic E-state index is 0.0864. The normalized spacial score (nSPS) is 11.0. The van der Waals surface area contributed by atoms with E-state index >= 15 is 0 Å². The van der Waals surface area contributed by atoms with Crippen LogP contribution in [0.15, 0.2) is 41.5 Å². The number of pyridine rings is 2. The predicted molar refractivity (Wildman–Crippen MR) is 111 cm³/mol. The number of halogens is 2. The summed E-state index contributed by atoms with van der Waals surface area (Å²) in [6, 6.07) is 4.38. The summed E-state index contributed by atoms with van der Waals surface area (Å²) in [5.41, 5.74) is 0.0000976. The van der Waals surface area contributed by atoms with Crippen LogP contribution in [0.3, 0.4) is 0 Å². The molecule has 0 spiro atoms. The van der Waals surface area contributed by atoms with Crippen LogP contribution < -0.4 is 20.3 Å². The van der Waals surface area contributed by atoms with Crippen LogP contribution in [0.25, 0.3) is 10.8 Å². The fourth-order valence-corrected chi connectivity index (χ4v) is 3.37. The topological polar surface area (TPSA) is 82.4 Å². The molecule has 7 nitrogen and oxygen atoms in total. The van der Waals surface area contributed by atoms with Crippen LogP contribution in [-0.2, 0) is 6.54 Å². The lowest BCUT2D eigenvalue weighted by atomic mass is 10.1. The second-order valence-corrected chi connectivity index (χ2v) is 6.97. The lowest BCUT2D eigenvalue weighted by Crippen LogP contribution is -2.28. The van der Waals surface area contributed by atoms with Gasteiger partial charge in [0.25, 0.3) is 5.56 Å². The molecule has 2 heterocycles. The highest BCUT2D eigenvalue weighted by molar-refractivity contribution is 5.89. The van der Waals surface area contributed by atoms with E-state index in [-0.39, 0.29) is 35.3 Å². The Balaban J connectivity index is 1.93. The second kappa shape index (κ2) is 9.55. The van der Waals surface area contributed by atoms with Crippen molar-refractivity contribution < 1.29 is 23.0 Å². The van der Waals surface area contributed by atoms with Crippen molar-refractivity contribution in [3.63, 3.8) is 0 Å². The average Bonchev–Trinajstić information content (AvgIpc) is 2.75. The van der Waals surface area contributed by atoms with E-state index < -0.39 is 17.7 Å². The number of ether oxygens (including phenoxy) is 2. The van der Waals surface area contributed by atoms with Crippen molar-refractivity contribution in [2.24, 2.45) is 0 Å². The van der Waals surface area contributed by atoms with Crippen molar-refractivity contribution in [2.45, 2.75) is 39.3 Å². The lowest BCUT2D eigenvalue weighted by Gasteiger charge is -2.19. The molecular formula is C22H23F2N3O4. The number of fused-ring (bicyclic) bond motifs is 1. The Morgan fingerprint density at radius 3 is 2.42 bits per heavy atom. The number of amides is 1. The summed E-state index contributed by atoms with van der Waals surface area (Å²) in [6.07, 6.45) is 3.47. The van der Waals surface area contributed by atoms with E-state index in [1.165, 1.54) is 30.1 Å². The summed E-state index contributed by atoms with van der Waals surface area (Å²) in [6.45, 7) is 3.79. The number of benzene rings is 1. The summed E-state index contributed by atoms with van der Waals surface area (Å²) in [5, 5.41) is 3.10. The number of nitrogens with zero attached hydrogens (tertiary/aromatic N) is 2. The van der Waals surface area contributed by atoms with Crippen molar-refractivity contribution in [1.29, 1.82) is 0 Å². The first-order chi connectivity index (χ1) is 14.9. The monoisotopic (exact) mass is 431 g/mol. The van der Waals surface area contributed by atoms with E-state index in [0.717, 1.165) is 18.2 Å². The molecule has 1 aromatic carbocycles. The molecule has 0 fully saturated rings. The lowest BCUT2D eigenvalue weighted by molar-refractivity contribution is 0.200. The van der Waals surface area contributed by atoms with Gasteiger partial charge in [0, 0.05) is 30.9 Å². The maximum atomic E-state index is 13.3. The van der Waals surface area contributed by atoms with Gasteiger partial charge < -0.3 is 19.4 Å². The number of hydrogen-bond donors (Lipinski definition) is 1. The van der Waals surface area contributed by atoms with Crippen LogP contribution in [0, 0.1) is 11.6 Å². The molecule has 0 atom stereocenters. The third-order valence-corrected chi connectivity index (χ3v) is 4.97. The van der Waals surface area contributed by atoms with Gasteiger partial charge in [-0.05, 0) is 30.5 Å². The highest BCUT2D eigenvalue weighted by Gasteiger charge is 2.18. The van der Waals surface area contributed by atoms with Gasteiger partial charge >= 0.3 is 6.09 Å². The third-order valence-electron chi connectivity index (χ3n) is 4.97. The fraction of sp³-hybridized carbons (Fsp3) is 0.318. The minimum atomic E-state index is -0.837. The van der Waals surface area contributed by atoms with Crippen molar-refractivity contribution in [3.8, 4) is 11.6 Å². The Bertz CT molecular complexity index is 1140. The summed E-state index contributed by atoms with van der Waals surface area (Å²) in [4.78, 5) is 29.5. The highest BCUT2D eigenvalue weighted by Crippen LogP contribution is 2.27. The molecule has 0 aliphatic carbocycles. The van der Waals surface area contributed by atoms with Crippen LogP contribution in [0.1, 0.15) is 38.3 Å². The van der Waals surface area contributed by atoms with Crippen molar-refractivity contribution >= 4 is 16.9 Å². The molecule has 1 N–H and O–H groups in total. The Hall–Kier alpha value is -3.49. The molecule has 0 unspecified atom stereocenters. The van der Waals surface area contributed by atoms with Crippen molar-refractivity contribution in [3.05, 3.63) is 64.2 Å². The van der Waals surface area contributed by atoms with E-state index in [0.29, 0.717) is 23.6 Å². The fourth-order valence-electron chi connectivity index (χ4n) is 3.37. The summed E-state index contributed by atoms with van der Waals surface area (Å²) in [7, 11) is 1.44. The van der Waals surface area contributed by atoms with Crippen molar-refractivity contribution in [1.82, 2.24) is 14.9 Å². The van der Waals surface area contributed by atoms with E-state index in [9.17, 15) is 18.4 Å². The van der Waals surface area contributed by atoms with Crippen LogP contribution in [0.5, 0.6) is 11.6 Å². The maximum absolute atomic E-state index is 13.3. The molecule has 3 aromatic rings. The van der Waals surface area contributed by atoms with E-state index in [2.05, 4.69) is 10.3 Å². The second-order valence-electron chi connectivity index (χ2n) is 6.97. The molecule has 2 aromatic heterocycles. The quantitative estimate of drug-likeness (QED) is 0.602. The number of nitrogens with one attached hydrogen (secondary N) is 1. The molecule has 0 bridgehead atoms. The predicted octanol–water partition coefficient (Wildman–Crippen LogP) is 4.33. The molecular weight excluding hydrogens is 408 g/mol. The zero-order valence-corrected chi connectivity index (χ0v) is 17.4. The third kappa shape index (κ3) is 4.99. The molecule has 0 saturated carbocycles. The first kappa shape index (κ1) is 22.2. The summed E-state index contributed by atoms with van der Waals surface area (Å²) < 4.78 is 38.7. The molecule has 31 heavy (non-hydrogen) atoms. The standard InChI is InChI=1S/C22H23F2N3O4/c1-4-16(5-2)27-12-19(18-11-25-20(30-3)9-17(18)21(27)28)31-22(29)26-10-13-6-14(23)8-15(24)7-13/h6-9,11-12,16H,4-5,10H2,1-3H3,(H,26,29). The zero-order chi connectivity index (χ0) is 22.5. The van der Waals surface area contributed by atoms with Gasteiger partial charge in [-0.1, -0.05) is 13.8 Å². The average molecular weight is 431 g/mol. The molecule has 1 amide bonds. The van der Waals surface area contributed by atoms with E-state index in [4.69, 9.17) is 9.47 Å². The number of carbonyl (C=O) groups excluding carboxylic acids is 1. The van der Waals surface area contributed by atoms with Gasteiger partial charge in [-0.25, -0.2) is 18.6 Å². The van der Waals surface area contributed by atoms with E-state index in [1.54, 1.807) is 0 Å². The van der Waals surface area contributed by atoms with Gasteiger partial charge in [0.2, 0.25) is 5.88 Å². The highest BCUT2D eigenvalue weighted by atomic mass is 19.1. The molecule has 9 heteroatoms.